The Morgan fingerprint density at radius 2 is 2.20 bits per heavy atom. The molecular weight excluding hydrogens is 261 g/mol. The lowest BCUT2D eigenvalue weighted by Gasteiger charge is -2.36. The molecule has 4 nitrogen and oxygen atoms in total. The van der Waals surface area contributed by atoms with Crippen LogP contribution in [0.2, 0.25) is 0 Å². The summed E-state index contributed by atoms with van der Waals surface area (Å²) in [6.07, 6.45) is 1.02. The van der Waals surface area contributed by atoms with Gasteiger partial charge in [0, 0.05) is 13.1 Å². The van der Waals surface area contributed by atoms with Crippen LogP contribution in [0.1, 0.15) is 24.9 Å². The summed E-state index contributed by atoms with van der Waals surface area (Å²) in [6, 6.07) is 5.49. The largest absolute Gasteiger partial charge is 0.468 e. The first-order valence-electron chi connectivity index (χ1n) is 6.84. The Balaban J connectivity index is 2.23. The van der Waals surface area contributed by atoms with Gasteiger partial charge >= 0.3 is 5.97 Å². The van der Waals surface area contributed by atoms with Crippen LogP contribution < -0.4 is 0 Å². The Hall–Kier alpha value is -1.46. The van der Waals surface area contributed by atoms with E-state index in [-0.39, 0.29) is 17.9 Å². The minimum atomic E-state index is -0.501. The van der Waals surface area contributed by atoms with E-state index in [1.807, 2.05) is 4.90 Å². The van der Waals surface area contributed by atoms with E-state index in [0.29, 0.717) is 19.7 Å². The number of rotatable bonds is 4. The van der Waals surface area contributed by atoms with Gasteiger partial charge in [0.05, 0.1) is 19.8 Å². The van der Waals surface area contributed by atoms with Crippen LogP contribution in [-0.2, 0) is 14.3 Å². The van der Waals surface area contributed by atoms with Gasteiger partial charge in [-0.15, -0.1) is 0 Å². The second-order valence-corrected chi connectivity index (χ2v) is 4.87. The minimum absolute atomic E-state index is 0.122. The molecule has 1 saturated heterocycles. The van der Waals surface area contributed by atoms with Gasteiger partial charge in [-0.05, 0) is 24.1 Å². The Morgan fingerprint density at radius 3 is 2.80 bits per heavy atom. The first-order valence-corrected chi connectivity index (χ1v) is 6.84. The van der Waals surface area contributed by atoms with E-state index < -0.39 is 6.04 Å². The average Bonchev–Trinajstić information content (AvgIpc) is 2.49. The monoisotopic (exact) mass is 281 g/mol. The van der Waals surface area contributed by atoms with Gasteiger partial charge in [0.15, 0.2) is 0 Å². The van der Waals surface area contributed by atoms with Gasteiger partial charge in [-0.1, -0.05) is 19.1 Å². The molecule has 0 aromatic heterocycles. The number of carbonyl (C=O) groups is 1. The van der Waals surface area contributed by atoms with Crippen molar-refractivity contribution in [2.45, 2.75) is 25.5 Å². The molecule has 110 valence electrons. The summed E-state index contributed by atoms with van der Waals surface area (Å²) in [5.74, 6) is -0.640. The van der Waals surface area contributed by atoms with Crippen molar-refractivity contribution in [2.24, 2.45) is 0 Å². The van der Waals surface area contributed by atoms with Gasteiger partial charge in [-0.2, -0.15) is 0 Å². The summed E-state index contributed by atoms with van der Waals surface area (Å²) >= 11 is 0. The molecule has 0 saturated carbocycles. The molecule has 1 fully saturated rings. The van der Waals surface area contributed by atoms with Gasteiger partial charge in [0.25, 0.3) is 0 Å². The second-order valence-electron chi connectivity index (χ2n) is 4.87. The van der Waals surface area contributed by atoms with Gasteiger partial charge in [-0.25, -0.2) is 9.18 Å². The molecule has 5 heteroatoms. The number of morpholine rings is 1. The standard InChI is InChI=1S/C15H20FNO3/c1-3-13-10-17(8-9-20-13)14(15(18)19-2)11-4-6-12(16)7-5-11/h4-7,13-14H,3,8-10H2,1-2H3/t13-,14-/m1/s1. The molecule has 1 aliphatic heterocycles. The summed E-state index contributed by atoms with van der Waals surface area (Å²) in [5.41, 5.74) is 0.745. The van der Waals surface area contributed by atoms with Gasteiger partial charge in [-0.3, -0.25) is 4.90 Å². The Labute approximate surface area is 118 Å². The number of hydrogen-bond acceptors (Lipinski definition) is 4. The fourth-order valence-corrected chi connectivity index (χ4v) is 2.48. The van der Waals surface area contributed by atoms with Crippen molar-refractivity contribution in [1.82, 2.24) is 4.90 Å². The smallest absolute Gasteiger partial charge is 0.327 e. The molecule has 1 aromatic rings. The van der Waals surface area contributed by atoms with Crippen molar-refractivity contribution < 1.29 is 18.7 Å². The molecule has 0 amide bonds. The molecule has 0 aliphatic carbocycles. The number of nitrogens with zero attached hydrogens (tertiary/aromatic N) is 1. The average molecular weight is 281 g/mol. The van der Waals surface area contributed by atoms with Crippen molar-refractivity contribution in [3.63, 3.8) is 0 Å². The van der Waals surface area contributed by atoms with Crippen LogP contribution >= 0.6 is 0 Å². The number of carbonyl (C=O) groups excluding carboxylic acids is 1. The Kier molecular flexibility index (Phi) is 5.09. The first-order chi connectivity index (χ1) is 9.65. The molecule has 0 bridgehead atoms. The number of hydrogen-bond donors (Lipinski definition) is 0. The van der Waals surface area contributed by atoms with Crippen molar-refractivity contribution >= 4 is 5.97 Å². The summed E-state index contributed by atoms with van der Waals surface area (Å²) in [6.45, 7) is 3.98. The zero-order valence-electron chi connectivity index (χ0n) is 11.8. The van der Waals surface area contributed by atoms with E-state index in [1.165, 1.54) is 19.2 Å². The van der Waals surface area contributed by atoms with Gasteiger partial charge < -0.3 is 9.47 Å². The summed E-state index contributed by atoms with van der Waals surface area (Å²) in [7, 11) is 1.37. The van der Waals surface area contributed by atoms with Crippen LogP contribution in [0, 0.1) is 5.82 Å². The highest BCUT2D eigenvalue weighted by Crippen LogP contribution is 2.25. The number of benzene rings is 1. The predicted molar refractivity (Wildman–Crippen MR) is 72.8 cm³/mol. The molecule has 0 N–H and O–H groups in total. The van der Waals surface area contributed by atoms with Crippen molar-refractivity contribution in [2.75, 3.05) is 26.8 Å². The summed E-state index contributed by atoms with van der Waals surface area (Å²) in [4.78, 5) is 14.1. The maximum absolute atomic E-state index is 13.0. The SMILES string of the molecule is CC[C@@H]1CN([C@@H](C(=O)OC)c2ccc(F)cc2)CCO1. The molecule has 1 heterocycles. The maximum atomic E-state index is 13.0. The molecule has 1 aliphatic rings. The minimum Gasteiger partial charge on any atom is -0.468 e. The summed E-state index contributed by atoms with van der Waals surface area (Å²) < 4.78 is 23.6. The van der Waals surface area contributed by atoms with Crippen LogP contribution in [0.25, 0.3) is 0 Å². The lowest BCUT2D eigenvalue weighted by atomic mass is 10.0. The fourth-order valence-electron chi connectivity index (χ4n) is 2.48. The molecular formula is C15H20FNO3. The van der Waals surface area contributed by atoms with Crippen LogP contribution in [0.15, 0.2) is 24.3 Å². The van der Waals surface area contributed by atoms with Crippen molar-refractivity contribution in [1.29, 1.82) is 0 Å². The number of halogens is 1. The molecule has 0 unspecified atom stereocenters. The molecule has 2 rings (SSSR count). The van der Waals surface area contributed by atoms with Crippen molar-refractivity contribution in [3.8, 4) is 0 Å². The Bertz CT molecular complexity index is 449. The van der Waals surface area contributed by atoms with E-state index in [2.05, 4.69) is 6.92 Å². The zero-order valence-corrected chi connectivity index (χ0v) is 11.8. The normalized spacial score (nSPS) is 21.4. The highest BCUT2D eigenvalue weighted by Gasteiger charge is 2.32. The fraction of sp³-hybridized carbons (Fsp3) is 0.533. The van der Waals surface area contributed by atoms with Crippen LogP contribution in [0.4, 0.5) is 4.39 Å². The van der Waals surface area contributed by atoms with Gasteiger partial charge in [0.1, 0.15) is 11.9 Å². The number of methoxy groups -OCH3 is 1. The molecule has 20 heavy (non-hydrogen) atoms. The quantitative estimate of drug-likeness (QED) is 0.793. The molecule has 2 atom stereocenters. The molecule has 0 spiro atoms. The third kappa shape index (κ3) is 3.35. The topological polar surface area (TPSA) is 38.8 Å². The third-order valence-electron chi connectivity index (χ3n) is 3.60. The van der Waals surface area contributed by atoms with Crippen molar-refractivity contribution in [3.05, 3.63) is 35.6 Å². The highest BCUT2D eigenvalue weighted by molar-refractivity contribution is 5.77. The number of esters is 1. The number of ether oxygens (including phenoxy) is 2. The molecule has 0 radical (unpaired) electrons. The Morgan fingerprint density at radius 1 is 1.50 bits per heavy atom. The van der Waals surface area contributed by atoms with E-state index in [9.17, 15) is 9.18 Å². The highest BCUT2D eigenvalue weighted by atomic mass is 19.1. The van der Waals surface area contributed by atoms with Crippen LogP contribution in [0.3, 0.4) is 0 Å². The van der Waals surface area contributed by atoms with E-state index in [4.69, 9.17) is 9.47 Å². The molecule has 1 aromatic carbocycles. The van der Waals surface area contributed by atoms with Crippen LogP contribution in [0.5, 0.6) is 0 Å². The van der Waals surface area contributed by atoms with E-state index >= 15 is 0 Å². The van der Waals surface area contributed by atoms with Crippen LogP contribution in [-0.4, -0.2) is 43.8 Å². The second kappa shape index (κ2) is 6.81. The first kappa shape index (κ1) is 14.9. The summed E-state index contributed by atoms with van der Waals surface area (Å²) in [5, 5.41) is 0. The maximum Gasteiger partial charge on any atom is 0.327 e. The van der Waals surface area contributed by atoms with E-state index in [0.717, 1.165) is 12.0 Å². The lowest BCUT2D eigenvalue weighted by Crippen LogP contribution is -2.46. The zero-order chi connectivity index (χ0) is 14.5. The van der Waals surface area contributed by atoms with E-state index in [1.54, 1.807) is 12.1 Å². The predicted octanol–water partition coefficient (Wildman–Crippen LogP) is 2.15. The third-order valence-corrected chi connectivity index (χ3v) is 3.60. The van der Waals surface area contributed by atoms with Gasteiger partial charge in [0.2, 0.25) is 0 Å². The lowest BCUT2D eigenvalue weighted by molar-refractivity contribution is -0.150.